The first-order chi connectivity index (χ1) is 15.0. The molecule has 4 rings (SSSR count). The van der Waals surface area contributed by atoms with Gasteiger partial charge in [0.25, 0.3) is 0 Å². The number of aryl methyl sites for hydroxylation is 3. The molecule has 2 aromatic carbocycles. The SMILES string of the molecule is Cc1cc(C)c(C(=O)CSc2nnc(-c3ccccc3F)n2C2CCCCC2)cc1C. The molecule has 0 spiro atoms. The van der Waals surface area contributed by atoms with Crippen molar-refractivity contribution < 1.29 is 9.18 Å². The molecule has 0 radical (unpaired) electrons. The smallest absolute Gasteiger partial charge is 0.192 e. The Morgan fingerprint density at radius 2 is 1.74 bits per heavy atom. The minimum absolute atomic E-state index is 0.0798. The second kappa shape index (κ2) is 9.35. The van der Waals surface area contributed by atoms with Crippen molar-refractivity contribution in [3.05, 3.63) is 64.5 Å². The molecule has 0 atom stereocenters. The molecule has 31 heavy (non-hydrogen) atoms. The summed E-state index contributed by atoms with van der Waals surface area (Å²) in [5.74, 6) is 0.620. The summed E-state index contributed by atoms with van der Waals surface area (Å²) in [5, 5.41) is 9.44. The lowest BCUT2D eigenvalue weighted by molar-refractivity contribution is 0.102. The quantitative estimate of drug-likeness (QED) is 0.327. The zero-order valence-electron chi connectivity index (χ0n) is 18.3. The molecular weight excluding hydrogens is 409 g/mol. The summed E-state index contributed by atoms with van der Waals surface area (Å²) in [6.07, 6.45) is 5.56. The van der Waals surface area contributed by atoms with Gasteiger partial charge in [0, 0.05) is 11.6 Å². The van der Waals surface area contributed by atoms with Crippen LogP contribution in [-0.2, 0) is 0 Å². The zero-order chi connectivity index (χ0) is 22.0. The molecule has 0 amide bonds. The Kier molecular flexibility index (Phi) is 6.56. The van der Waals surface area contributed by atoms with Gasteiger partial charge < -0.3 is 0 Å². The molecule has 0 saturated heterocycles. The monoisotopic (exact) mass is 437 g/mol. The van der Waals surface area contributed by atoms with Gasteiger partial charge in [-0.2, -0.15) is 0 Å². The summed E-state index contributed by atoms with van der Waals surface area (Å²) >= 11 is 1.40. The minimum Gasteiger partial charge on any atom is -0.299 e. The fourth-order valence-electron chi connectivity index (χ4n) is 4.34. The predicted molar refractivity (Wildman–Crippen MR) is 123 cm³/mol. The van der Waals surface area contributed by atoms with Crippen LogP contribution in [0.25, 0.3) is 11.4 Å². The lowest BCUT2D eigenvalue weighted by atomic mass is 9.95. The summed E-state index contributed by atoms with van der Waals surface area (Å²) in [7, 11) is 0. The van der Waals surface area contributed by atoms with Gasteiger partial charge in [0.2, 0.25) is 0 Å². The van der Waals surface area contributed by atoms with Crippen LogP contribution in [0.3, 0.4) is 0 Å². The maximum Gasteiger partial charge on any atom is 0.192 e. The van der Waals surface area contributed by atoms with E-state index in [-0.39, 0.29) is 23.4 Å². The average Bonchev–Trinajstić information content (AvgIpc) is 3.19. The number of benzene rings is 2. The van der Waals surface area contributed by atoms with Gasteiger partial charge in [0.05, 0.1) is 11.3 Å². The summed E-state index contributed by atoms with van der Waals surface area (Å²) in [6.45, 7) is 6.06. The summed E-state index contributed by atoms with van der Waals surface area (Å²) in [4.78, 5) is 13.0. The van der Waals surface area contributed by atoms with Crippen LogP contribution >= 0.6 is 11.8 Å². The minimum atomic E-state index is -0.301. The highest BCUT2D eigenvalue weighted by atomic mass is 32.2. The maximum atomic E-state index is 14.5. The summed E-state index contributed by atoms with van der Waals surface area (Å²) in [5.41, 5.74) is 4.52. The number of aromatic nitrogens is 3. The topological polar surface area (TPSA) is 47.8 Å². The van der Waals surface area contributed by atoms with Crippen molar-refractivity contribution in [2.24, 2.45) is 0 Å². The Labute approximate surface area is 187 Å². The maximum absolute atomic E-state index is 14.5. The van der Waals surface area contributed by atoms with Crippen molar-refractivity contribution in [3.8, 4) is 11.4 Å². The van der Waals surface area contributed by atoms with E-state index in [1.54, 1.807) is 12.1 Å². The van der Waals surface area contributed by atoms with E-state index >= 15 is 0 Å². The Bertz CT molecular complexity index is 1100. The van der Waals surface area contributed by atoms with E-state index in [2.05, 4.69) is 27.8 Å². The van der Waals surface area contributed by atoms with Crippen molar-refractivity contribution in [3.63, 3.8) is 0 Å². The second-order valence-corrected chi connectivity index (χ2v) is 9.35. The van der Waals surface area contributed by atoms with E-state index in [1.807, 2.05) is 26.0 Å². The first kappa shape index (κ1) is 21.8. The summed E-state index contributed by atoms with van der Waals surface area (Å²) in [6, 6.07) is 11.0. The molecule has 1 heterocycles. The molecule has 0 N–H and O–H groups in total. The van der Waals surface area contributed by atoms with Gasteiger partial charge >= 0.3 is 0 Å². The first-order valence-electron chi connectivity index (χ1n) is 10.9. The van der Waals surface area contributed by atoms with Gasteiger partial charge in [0.15, 0.2) is 16.8 Å². The second-order valence-electron chi connectivity index (χ2n) is 8.41. The molecule has 1 saturated carbocycles. The Morgan fingerprint density at radius 1 is 1.03 bits per heavy atom. The van der Waals surface area contributed by atoms with Crippen LogP contribution < -0.4 is 0 Å². The molecule has 6 heteroatoms. The van der Waals surface area contributed by atoms with Crippen LogP contribution in [-0.4, -0.2) is 26.3 Å². The van der Waals surface area contributed by atoms with Crippen LogP contribution in [0.1, 0.15) is 65.2 Å². The summed E-state index contributed by atoms with van der Waals surface area (Å²) < 4.78 is 16.6. The number of rotatable bonds is 6. The Morgan fingerprint density at radius 3 is 2.48 bits per heavy atom. The molecule has 1 fully saturated rings. The molecule has 4 nitrogen and oxygen atoms in total. The van der Waals surface area contributed by atoms with Gasteiger partial charge in [-0.25, -0.2) is 4.39 Å². The van der Waals surface area contributed by atoms with Gasteiger partial charge in [-0.15, -0.1) is 10.2 Å². The van der Waals surface area contributed by atoms with Crippen LogP contribution in [0.4, 0.5) is 4.39 Å². The molecule has 1 aliphatic carbocycles. The highest BCUT2D eigenvalue weighted by Crippen LogP contribution is 2.36. The molecule has 0 bridgehead atoms. The van der Waals surface area contributed by atoms with E-state index in [0.717, 1.165) is 42.4 Å². The van der Waals surface area contributed by atoms with Gasteiger partial charge in [-0.1, -0.05) is 49.2 Å². The highest BCUT2D eigenvalue weighted by Gasteiger charge is 2.25. The zero-order valence-corrected chi connectivity index (χ0v) is 19.1. The van der Waals surface area contributed by atoms with Gasteiger partial charge in [-0.05, 0) is 68.5 Å². The third-order valence-electron chi connectivity index (χ3n) is 6.19. The molecule has 1 aliphatic rings. The lowest BCUT2D eigenvalue weighted by Gasteiger charge is -2.25. The number of carbonyl (C=O) groups excluding carboxylic acids is 1. The number of ketones is 1. The van der Waals surface area contributed by atoms with E-state index in [4.69, 9.17) is 0 Å². The number of carbonyl (C=O) groups is 1. The normalized spacial score (nSPS) is 14.7. The van der Waals surface area contributed by atoms with E-state index in [1.165, 1.54) is 29.8 Å². The highest BCUT2D eigenvalue weighted by molar-refractivity contribution is 7.99. The number of hydrogen-bond acceptors (Lipinski definition) is 4. The number of nitrogens with zero attached hydrogens (tertiary/aromatic N) is 3. The standard InChI is InChI=1S/C25H28FN3OS/c1-16-13-18(3)21(14-17(16)2)23(30)15-31-25-28-27-24(20-11-7-8-12-22(20)26)29(25)19-9-5-4-6-10-19/h7-8,11-14,19H,4-6,9-10,15H2,1-3H3. The van der Waals surface area contributed by atoms with Crippen LogP contribution in [0.15, 0.2) is 41.6 Å². The number of thioether (sulfide) groups is 1. The average molecular weight is 438 g/mol. The van der Waals surface area contributed by atoms with Crippen molar-refractivity contribution in [1.29, 1.82) is 0 Å². The van der Waals surface area contributed by atoms with Crippen molar-refractivity contribution in [1.82, 2.24) is 14.8 Å². The third-order valence-corrected chi connectivity index (χ3v) is 7.14. The third kappa shape index (κ3) is 4.59. The van der Waals surface area contributed by atoms with E-state index in [0.29, 0.717) is 16.5 Å². The van der Waals surface area contributed by atoms with E-state index < -0.39 is 0 Å². The fourth-order valence-corrected chi connectivity index (χ4v) is 5.23. The van der Waals surface area contributed by atoms with Crippen LogP contribution in [0.5, 0.6) is 0 Å². The Balaban J connectivity index is 1.63. The van der Waals surface area contributed by atoms with Gasteiger partial charge in [0.1, 0.15) is 5.82 Å². The number of Topliss-reactive ketones (excluding diaryl/α,β-unsaturated/α-hetero) is 1. The van der Waals surface area contributed by atoms with Crippen LogP contribution in [0, 0.1) is 26.6 Å². The predicted octanol–water partition coefficient (Wildman–Crippen LogP) is 6.49. The molecule has 0 unspecified atom stereocenters. The largest absolute Gasteiger partial charge is 0.299 e. The Hall–Kier alpha value is -2.47. The first-order valence-corrected chi connectivity index (χ1v) is 11.9. The molecule has 0 aliphatic heterocycles. The number of halogens is 1. The van der Waals surface area contributed by atoms with Crippen LogP contribution in [0.2, 0.25) is 0 Å². The van der Waals surface area contributed by atoms with E-state index in [9.17, 15) is 9.18 Å². The molecule has 162 valence electrons. The number of hydrogen-bond donors (Lipinski definition) is 0. The van der Waals surface area contributed by atoms with Crippen molar-refractivity contribution >= 4 is 17.5 Å². The van der Waals surface area contributed by atoms with Gasteiger partial charge in [-0.3, -0.25) is 9.36 Å². The molecular formula is C25H28FN3OS. The molecule has 1 aromatic heterocycles. The van der Waals surface area contributed by atoms with Crippen molar-refractivity contribution in [2.45, 2.75) is 64.1 Å². The molecule has 3 aromatic rings. The van der Waals surface area contributed by atoms with Crippen molar-refractivity contribution in [2.75, 3.05) is 5.75 Å². The fraction of sp³-hybridized carbons (Fsp3) is 0.400. The lowest BCUT2D eigenvalue weighted by Crippen LogP contribution is -2.16.